The topological polar surface area (TPSA) is 189 Å². The largest absolute Gasteiger partial charge is 0.472 e. The van der Waals surface area contributed by atoms with Crippen LogP contribution >= 0.6 is 0 Å². The van der Waals surface area contributed by atoms with Gasteiger partial charge in [0.05, 0.1) is 30.7 Å². The van der Waals surface area contributed by atoms with E-state index in [0.717, 1.165) is 44.1 Å². The third-order valence-electron chi connectivity index (χ3n) is 10.8. The molecule has 0 amide bonds. The molecule has 4 aliphatic rings. The second kappa shape index (κ2) is 13.1. The van der Waals surface area contributed by atoms with E-state index >= 15 is 0 Å². The minimum absolute atomic E-state index is 0.0348. The highest BCUT2D eigenvalue weighted by Crippen LogP contribution is 2.61. The number of ether oxygens (including phenoxy) is 4. The molecule has 248 valence electrons. The molecule has 5 rings (SSSR count). The Labute approximate surface area is 257 Å². The fourth-order valence-corrected chi connectivity index (χ4v) is 8.14. The van der Waals surface area contributed by atoms with Gasteiger partial charge in [-0.25, -0.2) is 0 Å². The van der Waals surface area contributed by atoms with E-state index in [1.54, 1.807) is 12.5 Å². The number of furan rings is 1. The van der Waals surface area contributed by atoms with Crippen LogP contribution in [0.2, 0.25) is 0 Å². The first kappa shape index (κ1) is 33.5. The molecule has 12 nitrogen and oxygen atoms in total. The van der Waals surface area contributed by atoms with Crippen molar-refractivity contribution in [2.24, 2.45) is 16.7 Å². The molecule has 0 aromatic carbocycles. The molecule has 6 N–H and O–H groups in total. The molecule has 13 atom stereocenters. The molecule has 0 spiro atoms. The summed E-state index contributed by atoms with van der Waals surface area (Å²) in [6, 6.07) is 1.97. The number of aliphatic hydroxyl groups is 6. The lowest BCUT2D eigenvalue weighted by Crippen LogP contribution is -2.64. The van der Waals surface area contributed by atoms with Crippen LogP contribution in [0.3, 0.4) is 0 Å². The minimum atomic E-state index is -1.70. The molecular formula is C32H48O12. The molecule has 2 saturated heterocycles. The quantitative estimate of drug-likeness (QED) is 0.180. The van der Waals surface area contributed by atoms with Crippen LogP contribution in [-0.2, 0) is 30.2 Å². The van der Waals surface area contributed by atoms with Gasteiger partial charge >= 0.3 is 5.97 Å². The van der Waals surface area contributed by atoms with Gasteiger partial charge in [-0.1, -0.05) is 24.5 Å². The van der Waals surface area contributed by atoms with Gasteiger partial charge in [0, 0.05) is 0 Å². The number of aliphatic hydroxyl groups excluding tert-OH is 6. The van der Waals surface area contributed by atoms with E-state index in [4.69, 9.17) is 23.4 Å². The fourth-order valence-electron chi connectivity index (χ4n) is 8.14. The Balaban J connectivity index is 1.37. The Kier molecular flexibility index (Phi) is 9.97. The molecule has 1 aromatic rings. The van der Waals surface area contributed by atoms with Crippen molar-refractivity contribution >= 4 is 5.97 Å². The van der Waals surface area contributed by atoms with Crippen LogP contribution in [0.25, 0.3) is 0 Å². The van der Waals surface area contributed by atoms with Gasteiger partial charge in [0.25, 0.3) is 0 Å². The van der Waals surface area contributed by atoms with Crippen molar-refractivity contribution in [2.45, 2.75) is 134 Å². The van der Waals surface area contributed by atoms with Gasteiger partial charge < -0.3 is 54.0 Å². The van der Waals surface area contributed by atoms with Crippen LogP contribution in [0.1, 0.15) is 71.8 Å². The summed E-state index contributed by atoms with van der Waals surface area (Å²) in [4.78, 5) is 14.2. The highest BCUT2D eigenvalue weighted by atomic mass is 16.8. The molecule has 0 bridgehead atoms. The molecule has 3 fully saturated rings. The van der Waals surface area contributed by atoms with Crippen LogP contribution in [0.4, 0.5) is 0 Å². The van der Waals surface area contributed by atoms with Crippen molar-refractivity contribution in [3.63, 3.8) is 0 Å². The maximum atomic E-state index is 14.2. The number of hydrogen-bond acceptors (Lipinski definition) is 12. The van der Waals surface area contributed by atoms with Crippen LogP contribution < -0.4 is 0 Å². The number of hydrogen-bond donors (Lipinski definition) is 6. The zero-order valence-electron chi connectivity index (χ0n) is 25.9. The van der Waals surface area contributed by atoms with Crippen LogP contribution in [0.15, 0.2) is 34.2 Å². The lowest BCUT2D eigenvalue weighted by Gasteiger charge is -2.55. The third kappa shape index (κ3) is 6.01. The van der Waals surface area contributed by atoms with Crippen LogP contribution in [0.5, 0.6) is 0 Å². The van der Waals surface area contributed by atoms with Gasteiger partial charge in [-0.2, -0.15) is 0 Å². The summed E-state index contributed by atoms with van der Waals surface area (Å²) in [7, 11) is 0. The van der Waals surface area contributed by atoms with E-state index in [9.17, 15) is 35.4 Å². The number of carbonyl (C=O) groups excluding carboxylic acids is 1. The molecule has 0 unspecified atom stereocenters. The molecule has 0 radical (unpaired) electrons. The summed E-state index contributed by atoms with van der Waals surface area (Å²) in [6.07, 6.45) is -5.74. The minimum Gasteiger partial charge on any atom is -0.472 e. The zero-order valence-corrected chi connectivity index (χ0v) is 25.9. The molecule has 12 heteroatoms. The first-order chi connectivity index (χ1) is 20.8. The van der Waals surface area contributed by atoms with E-state index in [1.165, 1.54) is 18.1 Å². The molecule has 2 aliphatic carbocycles. The predicted octanol–water partition coefficient (Wildman–Crippen LogP) is 1.33. The van der Waals surface area contributed by atoms with Crippen molar-refractivity contribution in [3.8, 4) is 0 Å². The average molecular weight is 625 g/mol. The molecule has 3 heterocycles. The number of rotatable bonds is 8. The maximum Gasteiger partial charge on any atom is 0.314 e. The van der Waals surface area contributed by atoms with Crippen LogP contribution in [-0.4, -0.2) is 105 Å². The van der Waals surface area contributed by atoms with Crippen molar-refractivity contribution < 1.29 is 58.8 Å². The number of fused-ring (bicyclic) bond motifs is 1. The molecule has 1 aromatic heterocycles. The summed E-state index contributed by atoms with van der Waals surface area (Å²) in [5.41, 5.74) is 2.69. The van der Waals surface area contributed by atoms with Gasteiger partial charge in [0.1, 0.15) is 36.6 Å². The van der Waals surface area contributed by atoms with Crippen molar-refractivity contribution in [1.82, 2.24) is 0 Å². The number of allylic oxidation sites excluding steroid dienone is 2. The Morgan fingerprint density at radius 2 is 1.73 bits per heavy atom. The summed E-state index contributed by atoms with van der Waals surface area (Å²) in [6.45, 7) is 7.14. The summed E-state index contributed by atoms with van der Waals surface area (Å²) < 4.78 is 28.4. The lowest BCUT2D eigenvalue weighted by atomic mass is 9.49. The Bertz CT molecular complexity index is 1170. The van der Waals surface area contributed by atoms with E-state index in [2.05, 4.69) is 13.8 Å². The van der Waals surface area contributed by atoms with E-state index in [0.29, 0.717) is 6.42 Å². The number of aryl methyl sites for hydroxylation is 1. The molecule has 2 aliphatic heterocycles. The average Bonchev–Trinajstić information content (AvgIpc) is 3.51. The lowest BCUT2D eigenvalue weighted by molar-refractivity contribution is -0.360. The number of esters is 1. The zero-order chi connectivity index (χ0) is 32.0. The van der Waals surface area contributed by atoms with Crippen molar-refractivity contribution in [2.75, 3.05) is 6.61 Å². The van der Waals surface area contributed by atoms with E-state index < -0.39 is 79.4 Å². The maximum absolute atomic E-state index is 14.2. The monoisotopic (exact) mass is 624 g/mol. The van der Waals surface area contributed by atoms with Crippen molar-refractivity contribution in [1.29, 1.82) is 0 Å². The molecule has 1 saturated carbocycles. The number of carbonyl (C=O) groups is 1. The van der Waals surface area contributed by atoms with Gasteiger partial charge in [0.2, 0.25) is 6.29 Å². The van der Waals surface area contributed by atoms with E-state index in [-0.39, 0.29) is 11.3 Å². The Morgan fingerprint density at radius 1 is 0.977 bits per heavy atom. The van der Waals surface area contributed by atoms with E-state index in [1.807, 2.05) is 13.0 Å². The second-order valence-corrected chi connectivity index (χ2v) is 13.6. The first-order valence-electron chi connectivity index (χ1n) is 15.7. The van der Waals surface area contributed by atoms with Gasteiger partial charge in [-0.15, -0.1) is 0 Å². The van der Waals surface area contributed by atoms with Crippen LogP contribution in [0, 0.1) is 16.7 Å². The SMILES string of the molecule is CC1=C(CCc2ccoc2)[C@@]2(C)CCC[C@](C)(C(=O)O[C@@H]3O[C@H](CO)[C@@H](O)[C@H](O)[C@H]3O[C@@H]3O[C@@H](C)[C@H](O)[C@@H](O)[C@H]3O)[C@@H]2CC1. The molecule has 44 heavy (non-hydrogen) atoms. The van der Waals surface area contributed by atoms with Gasteiger partial charge in [0.15, 0.2) is 12.4 Å². The summed E-state index contributed by atoms with van der Waals surface area (Å²) in [5, 5.41) is 62.3. The van der Waals surface area contributed by atoms with Gasteiger partial charge in [-0.3, -0.25) is 4.79 Å². The highest BCUT2D eigenvalue weighted by molar-refractivity contribution is 5.77. The Morgan fingerprint density at radius 3 is 2.41 bits per heavy atom. The van der Waals surface area contributed by atoms with Gasteiger partial charge in [-0.05, 0) is 82.3 Å². The van der Waals surface area contributed by atoms with Crippen molar-refractivity contribution in [3.05, 3.63) is 35.3 Å². The third-order valence-corrected chi connectivity index (χ3v) is 10.8. The predicted molar refractivity (Wildman–Crippen MR) is 154 cm³/mol. The second-order valence-electron chi connectivity index (χ2n) is 13.6. The Hall–Kier alpha value is -1.87. The highest BCUT2D eigenvalue weighted by Gasteiger charge is 2.58. The smallest absolute Gasteiger partial charge is 0.314 e. The first-order valence-corrected chi connectivity index (χ1v) is 15.7. The summed E-state index contributed by atoms with van der Waals surface area (Å²) in [5.74, 6) is -0.581. The molecular weight excluding hydrogens is 576 g/mol. The normalized spacial score (nSPS) is 44.7. The fraction of sp³-hybridized carbons (Fsp3) is 0.781. The summed E-state index contributed by atoms with van der Waals surface area (Å²) >= 11 is 0. The standard InChI is InChI=1S/C32H48O12/c1-16-6-9-21-31(3,19(16)8-7-18-10-13-40-15-18)11-5-12-32(21,4)30(39)44-29-27(25(37)23(35)20(14-33)42-29)43-28-26(38)24(36)22(34)17(2)41-28/h10,13,15,17,20-29,33-38H,5-9,11-12,14H2,1-4H3/t17-,20+,21+,22-,23+,24+,25-,26+,27+,28-,29-,31+,32-/m0/s1.